The molecule has 0 radical (unpaired) electrons. The van der Waals surface area contributed by atoms with Crippen LogP contribution >= 0.6 is 0 Å². The lowest BCUT2D eigenvalue weighted by molar-refractivity contribution is 0.573. The van der Waals surface area contributed by atoms with E-state index in [1.807, 2.05) is 0 Å². The highest BCUT2D eigenvalue weighted by molar-refractivity contribution is 7.94. The van der Waals surface area contributed by atoms with Gasteiger partial charge in [0.2, 0.25) is 0 Å². The lowest BCUT2D eigenvalue weighted by Crippen LogP contribution is -2.33. The molecule has 0 spiro atoms. The average molecular weight is 255 g/mol. The molecule has 0 aromatic heterocycles. The summed E-state index contributed by atoms with van der Waals surface area (Å²) in [5, 5.41) is 0. The molecule has 1 unspecified atom stereocenters. The van der Waals surface area contributed by atoms with Crippen LogP contribution in [0.4, 0.5) is 0 Å². The van der Waals surface area contributed by atoms with E-state index in [-0.39, 0.29) is 23.3 Å². The lowest BCUT2D eigenvalue weighted by atomic mass is 10.2. The normalized spacial score (nSPS) is 20.1. The maximum Gasteiger partial charge on any atom is 0.152 e. The van der Waals surface area contributed by atoms with Crippen molar-refractivity contribution in [3.8, 4) is 0 Å². The van der Waals surface area contributed by atoms with Crippen molar-refractivity contribution in [2.24, 2.45) is 11.7 Å². The molecule has 1 aliphatic carbocycles. The zero-order valence-corrected chi connectivity index (χ0v) is 10.4. The fraction of sp³-hybridized carbons (Fsp3) is 1.00. The van der Waals surface area contributed by atoms with Crippen molar-refractivity contribution in [1.82, 2.24) is 0 Å². The summed E-state index contributed by atoms with van der Waals surface area (Å²) in [7, 11) is -6.54. The second kappa shape index (κ2) is 4.39. The Bertz CT molecular complexity index is 408. The van der Waals surface area contributed by atoms with E-state index >= 15 is 0 Å². The van der Waals surface area contributed by atoms with E-state index in [2.05, 4.69) is 0 Å². The molecule has 0 heterocycles. The van der Waals surface area contributed by atoms with Gasteiger partial charge in [-0.05, 0) is 18.8 Å². The number of rotatable bonds is 6. The maximum atomic E-state index is 11.5. The molecule has 0 amide bonds. The molecule has 1 atom stereocenters. The summed E-state index contributed by atoms with van der Waals surface area (Å²) >= 11 is 0. The average Bonchev–Trinajstić information content (AvgIpc) is 2.80. The van der Waals surface area contributed by atoms with Crippen LogP contribution in [0.2, 0.25) is 0 Å². The van der Waals surface area contributed by atoms with Gasteiger partial charge in [-0.25, -0.2) is 16.8 Å². The first-order valence-electron chi connectivity index (χ1n) is 4.83. The first-order chi connectivity index (χ1) is 6.70. The Balaban J connectivity index is 2.44. The molecular weight excluding hydrogens is 238 g/mol. The van der Waals surface area contributed by atoms with Gasteiger partial charge in [-0.2, -0.15) is 0 Å². The molecular formula is C8H17NO4S2. The van der Waals surface area contributed by atoms with Crippen LogP contribution in [0.5, 0.6) is 0 Å². The predicted molar refractivity (Wildman–Crippen MR) is 59.1 cm³/mol. The van der Waals surface area contributed by atoms with E-state index < -0.39 is 19.7 Å². The first-order valence-corrected chi connectivity index (χ1v) is 8.71. The molecule has 5 nitrogen and oxygen atoms in total. The van der Waals surface area contributed by atoms with Crippen molar-refractivity contribution in [3.05, 3.63) is 0 Å². The van der Waals surface area contributed by atoms with Crippen LogP contribution in [-0.4, -0.2) is 46.4 Å². The highest BCUT2D eigenvalue weighted by atomic mass is 32.2. The molecule has 1 rings (SSSR count). The molecule has 1 fully saturated rings. The second-order valence-electron chi connectivity index (χ2n) is 4.25. The number of hydrogen-bond acceptors (Lipinski definition) is 5. The third-order valence-electron chi connectivity index (χ3n) is 2.44. The lowest BCUT2D eigenvalue weighted by Gasteiger charge is -2.10. The van der Waals surface area contributed by atoms with E-state index in [0.29, 0.717) is 5.92 Å². The van der Waals surface area contributed by atoms with Crippen molar-refractivity contribution in [1.29, 1.82) is 0 Å². The van der Waals surface area contributed by atoms with Gasteiger partial charge in [-0.15, -0.1) is 0 Å². The quantitative estimate of drug-likeness (QED) is 0.669. The van der Waals surface area contributed by atoms with Gasteiger partial charge in [0.25, 0.3) is 0 Å². The molecule has 0 bridgehead atoms. The summed E-state index contributed by atoms with van der Waals surface area (Å²) in [6.07, 6.45) is 3.01. The molecule has 0 aromatic carbocycles. The molecule has 2 N–H and O–H groups in total. The number of nitrogens with two attached hydrogens (primary N) is 1. The van der Waals surface area contributed by atoms with Gasteiger partial charge >= 0.3 is 0 Å². The Morgan fingerprint density at radius 2 is 1.73 bits per heavy atom. The molecule has 7 heteroatoms. The Morgan fingerprint density at radius 1 is 1.20 bits per heavy atom. The fourth-order valence-corrected chi connectivity index (χ4v) is 4.57. The maximum absolute atomic E-state index is 11.5. The summed E-state index contributed by atoms with van der Waals surface area (Å²) in [6.45, 7) is 0. The highest BCUT2D eigenvalue weighted by Crippen LogP contribution is 2.32. The van der Waals surface area contributed by atoms with Gasteiger partial charge < -0.3 is 5.73 Å². The molecule has 1 aliphatic rings. The number of hydrogen-bond donors (Lipinski definition) is 1. The fourth-order valence-electron chi connectivity index (χ4n) is 1.32. The van der Waals surface area contributed by atoms with Crippen LogP contribution in [0, 0.1) is 5.92 Å². The van der Waals surface area contributed by atoms with Crippen molar-refractivity contribution in [2.75, 3.05) is 23.5 Å². The van der Waals surface area contributed by atoms with Crippen molar-refractivity contribution >= 4 is 19.7 Å². The van der Waals surface area contributed by atoms with Gasteiger partial charge in [0.05, 0.1) is 17.3 Å². The van der Waals surface area contributed by atoms with Gasteiger partial charge in [0, 0.05) is 12.3 Å². The Morgan fingerprint density at radius 3 is 2.13 bits per heavy atom. The van der Waals surface area contributed by atoms with Crippen LogP contribution in [0.15, 0.2) is 0 Å². The van der Waals surface area contributed by atoms with Gasteiger partial charge in [0.1, 0.15) is 9.84 Å². The van der Waals surface area contributed by atoms with Gasteiger partial charge in [-0.3, -0.25) is 0 Å². The van der Waals surface area contributed by atoms with Gasteiger partial charge in [-0.1, -0.05) is 0 Å². The zero-order chi connectivity index (χ0) is 11.7. The van der Waals surface area contributed by atoms with E-state index in [1.54, 1.807) is 0 Å². The zero-order valence-electron chi connectivity index (χ0n) is 8.72. The molecule has 0 saturated heterocycles. The minimum absolute atomic E-state index is 0.0901. The van der Waals surface area contributed by atoms with E-state index in [4.69, 9.17) is 5.73 Å². The second-order valence-corrected chi connectivity index (χ2v) is 8.73. The molecule has 15 heavy (non-hydrogen) atoms. The SMILES string of the molecule is CS(=O)(=O)CCS(=O)(=O)CC(N)C1CC1. The van der Waals surface area contributed by atoms with Crippen LogP contribution in [0.1, 0.15) is 12.8 Å². The first kappa shape index (κ1) is 12.9. The molecule has 90 valence electrons. The largest absolute Gasteiger partial charge is 0.327 e. The third kappa shape index (κ3) is 5.48. The van der Waals surface area contributed by atoms with Crippen molar-refractivity contribution < 1.29 is 16.8 Å². The summed E-state index contributed by atoms with van der Waals surface area (Å²) in [6, 6.07) is -0.324. The molecule has 0 aliphatic heterocycles. The van der Waals surface area contributed by atoms with Crippen LogP contribution in [0.25, 0.3) is 0 Å². The van der Waals surface area contributed by atoms with Crippen LogP contribution in [-0.2, 0) is 19.7 Å². The summed E-state index contributed by atoms with van der Waals surface area (Å²) in [5.74, 6) is -0.399. The smallest absolute Gasteiger partial charge is 0.152 e. The van der Waals surface area contributed by atoms with Gasteiger partial charge in [0.15, 0.2) is 9.84 Å². The molecule has 1 saturated carbocycles. The Kier molecular flexibility index (Phi) is 3.78. The minimum atomic E-state index is -3.32. The standard InChI is InChI=1S/C8H17NO4S2/c1-14(10,11)4-5-15(12,13)6-8(9)7-2-3-7/h7-8H,2-6,9H2,1H3. The van der Waals surface area contributed by atoms with Crippen LogP contribution in [0.3, 0.4) is 0 Å². The minimum Gasteiger partial charge on any atom is -0.327 e. The molecule has 0 aromatic rings. The summed E-state index contributed by atoms with van der Waals surface area (Å²) in [5.41, 5.74) is 5.68. The Labute approximate surface area is 90.9 Å². The van der Waals surface area contributed by atoms with Crippen molar-refractivity contribution in [2.45, 2.75) is 18.9 Å². The monoisotopic (exact) mass is 255 g/mol. The van der Waals surface area contributed by atoms with Crippen molar-refractivity contribution in [3.63, 3.8) is 0 Å². The summed E-state index contributed by atoms with van der Waals surface area (Å²) in [4.78, 5) is 0. The summed E-state index contributed by atoms with van der Waals surface area (Å²) < 4.78 is 44.6. The van der Waals surface area contributed by atoms with E-state index in [1.165, 1.54) is 0 Å². The Hall–Kier alpha value is -0.140. The number of sulfone groups is 2. The third-order valence-corrected chi connectivity index (χ3v) is 5.36. The van der Waals surface area contributed by atoms with E-state index in [0.717, 1.165) is 19.1 Å². The van der Waals surface area contributed by atoms with E-state index in [9.17, 15) is 16.8 Å². The highest BCUT2D eigenvalue weighted by Gasteiger charge is 2.31. The van der Waals surface area contributed by atoms with Crippen LogP contribution < -0.4 is 5.73 Å². The predicted octanol–water partition coefficient (Wildman–Crippen LogP) is -0.817. The topological polar surface area (TPSA) is 94.3 Å².